The molecule has 0 amide bonds. The van der Waals surface area contributed by atoms with Gasteiger partial charge in [0, 0.05) is 0 Å². The molecule has 10 heteroatoms. The molecule has 0 saturated carbocycles. The molecule has 0 spiro atoms. The Hall–Kier alpha value is 1.12. The minimum absolute atomic E-state index is 0. The zero-order chi connectivity index (χ0) is 0. The van der Waals surface area contributed by atoms with Gasteiger partial charge < -0.3 is 49.3 Å². The van der Waals surface area contributed by atoms with Crippen LogP contribution in [0, 0.1) is 0 Å². The minimum atomic E-state index is 0. The molecular weight excluding hydrogens is 232 g/mol. The second-order valence-electron chi connectivity index (χ2n) is 0. The van der Waals surface area contributed by atoms with Crippen LogP contribution in [0.15, 0.2) is 0 Å². The SMILES string of the molecule is O.O.O.O.O.O.O.[OH-].[OH-].[Sr+2]. The number of hydrogen-bond donors (Lipinski definition) is 0. The summed E-state index contributed by atoms with van der Waals surface area (Å²) in [5.74, 6) is 0. The molecule has 0 aliphatic heterocycles. The third-order valence-corrected chi connectivity index (χ3v) is 0. The average Bonchev–Trinajstić information content (AvgIpc) is 0. The van der Waals surface area contributed by atoms with Crippen molar-refractivity contribution in [1.29, 1.82) is 0 Å². The van der Waals surface area contributed by atoms with Gasteiger partial charge in [-0.3, -0.25) is 0 Å². The molecule has 0 aromatic heterocycles. The Morgan fingerprint density at radius 2 is 0.300 bits per heavy atom. The van der Waals surface area contributed by atoms with Crippen molar-refractivity contribution in [3.63, 3.8) is 0 Å². The summed E-state index contributed by atoms with van der Waals surface area (Å²) >= 11 is 0. The average molecular weight is 248 g/mol. The van der Waals surface area contributed by atoms with Crippen LogP contribution in [-0.2, 0) is 0 Å². The third-order valence-electron chi connectivity index (χ3n) is 0. The van der Waals surface area contributed by atoms with Crippen molar-refractivity contribution in [1.82, 2.24) is 0 Å². The zero-order valence-corrected chi connectivity index (χ0v) is 8.58. The van der Waals surface area contributed by atoms with E-state index < -0.39 is 0 Å². The van der Waals surface area contributed by atoms with Crippen molar-refractivity contribution in [3.05, 3.63) is 0 Å². The number of hydrogen-bond acceptors (Lipinski definition) is 2. The first-order chi connectivity index (χ1) is 0. The second kappa shape index (κ2) is 671. The molecule has 0 atom stereocenters. The first kappa shape index (κ1) is 907. The molecule has 10 heavy (non-hydrogen) atoms. The summed E-state index contributed by atoms with van der Waals surface area (Å²) in [6.45, 7) is 0. The molecular formula is H16O9Sr. The Labute approximate surface area is 94.1 Å². The van der Waals surface area contributed by atoms with E-state index in [1.165, 1.54) is 0 Å². The molecule has 0 fully saturated rings. The van der Waals surface area contributed by atoms with Gasteiger partial charge in [-0.1, -0.05) is 0 Å². The predicted octanol–water partition coefficient (Wildman–Crippen LogP) is -6.51. The van der Waals surface area contributed by atoms with Crippen LogP contribution in [0.1, 0.15) is 0 Å². The largest absolute Gasteiger partial charge is 2.00 e. The molecule has 9 nitrogen and oxygen atoms in total. The van der Waals surface area contributed by atoms with Gasteiger partial charge in [0.2, 0.25) is 0 Å². The van der Waals surface area contributed by atoms with Crippen molar-refractivity contribution in [3.8, 4) is 0 Å². The van der Waals surface area contributed by atoms with Crippen molar-refractivity contribution in [2.24, 2.45) is 0 Å². The Kier molecular flexibility index (Phi) is 60800. The van der Waals surface area contributed by atoms with Crippen LogP contribution < -0.4 is 0 Å². The minimum Gasteiger partial charge on any atom is -0.870 e. The Balaban J connectivity index is 0. The van der Waals surface area contributed by atoms with Crippen LogP contribution in [-0.4, -0.2) is 94.8 Å². The summed E-state index contributed by atoms with van der Waals surface area (Å²) in [5.41, 5.74) is 0. The normalized spacial score (nSPS) is 0. The molecule has 0 unspecified atom stereocenters. The van der Waals surface area contributed by atoms with E-state index in [0.717, 1.165) is 0 Å². The summed E-state index contributed by atoms with van der Waals surface area (Å²) in [7, 11) is 0. The van der Waals surface area contributed by atoms with Gasteiger partial charge in [0.15, 0.2) is 0 Å². The molecule has 72 valence electrons. The maximum absolute atomic E-state index is 0. The second-order valence-corrected chi connectivity index (χ2v) is 0. The van der Waals surface area contributed by atoms with Crippen LogP contribution in [0.2, 0.25) is 0 Å². The van der Waals surface area contributed by atoms with Crippen LogP contribution in [0.5, 0.6) is 0 Å². The third kappa shape index (κ3) is 479. The van der Waals surface area contributed by atoms with E-state index in [9.17, 15) is 0 Å². The van der Waals surface area contributed by atoms with Gasteiger partial charge >= 0.3 is 45.5 Å². The van der Waals surface area contributed by atoms with E-state index in [0.29, 0.717) is 0 Å². The molecule has 0 aliphatic carbocycles. The smallest absolute Gasteiger partial charge is 0.870 e. The first-order valence-corrected chi connectivity index (χ1v) is 0. The van der Waals surface area contributed by atoms with Crippen LogP contribution in [0.25, 0.3) is 0 Å². The summed E-state index contributed by atoms with van der Waals surface area (Å²) in [6.07, 6.45) is 0. The molecule has 0 bridgehead atoms. The fourth-order valence-electron chi connectivity index (χ4n) is 0. The Morgan fingerprint density at radius 3 is 0.300 bits per heavy atom. The standard InChI is InChI=1S/9H2O.Sr/h9*1H2;/q;;;;;;;;;+2/p-2. The zero-order valence-electron chi connectivity index (χ0n) is 5.10. The molecule has 16 N–H and O–H groups in total. The van der Waals surface area contributed by atoms with Crippen molar-refractivity contribution in [2.45, 2.75) is 0 Å². The molecule has 0 saturated heterocycles. The van der Waals surface area contributed by atoms with E-state index in [1.54, 1.807) is 0 Å². The van der Waals surface area contributed by atoms with Crippen molar-refractivity contribution in [2.75, 3.05) is 0 Å². The van der Waals surface area contributed by atoms with E-state index in [4.69, 9.17) is 0 Å². The topological polar surface area (TPSA) is 280 Å². The first-order valence-electron chi connectivity index (χ1n) is 0. The quantitative estimate of drug-likeness (QED) is 0.377. The van der Waals surface area contributed by atoms with Crippen LogP contribution >= 0.6 is 0 Å². The summed E-state index contributed by atoms with van der Waals surface area (Å²) < 4.78 is 0. The monoisotopic (exact) mass is 248 g/mol. The maximum Gasteiger partial charge on any atom is 2.00 e. The van der Waals surface area contributed by atoms with Gasteiger partial charge in [-0.15, -0.1) is 0 Å². The molecule has 0 aromatic carbocycles. The van der Waals surface area contributed by atoms with Gasteiger partial charge in [-0.25, -0.2) is 0 Å². The molecule has 0 aliphatic rings. The predicted molar refractivity (Wildman–Crippen MR) is 34.9 cm³/mol. The van der Waals surface area contributed by atoms with Gasteiger partial charge in [-0.05, 0) is 0 Å². The molecule has 0 radical (unpaired) electrons. The van der Waals surface area contributed by atoms with Gasteiger partial charge in [0.05, 0.1) is 0 Å². The summed E-state index contributed by atoms with van der Waals surface area (Å²) in [5, 5.41) is 0. The molecule has 0 heterocycles. The van der Waals surface area contributed by atoms with E-state index in [1.807, 2.05) is 0 Å². The van der Waals surface area contributed by atoms with Gasteiger partial charge in [0.25, 0.3) is 0 Å². The summed E-state index contributed by atoms with van der Waals surface area (Å²) in [6, 6.07) is 0. The van der Waals surface area contributed by atoms with Crippen LogP contribution in [0.4, 0.5) is 0 Å². The van der Waals surface area contributed by atoms with E-state index in [2.05, 4.69) is 0 Å². The molecule has 0 rings (SSSR count). The summed E-state index contributed by atoms with van der Waals surface area (Å²) in [4.78, 5) is 0. The maximum atomic E-state index is 0. The van der Waals surface area contributed by atoms with E-state index in [-0.39, 0.29) is 94.8 Å². The van der Waals surface area contributed by atoms with Crippen molar-refractivity contribution < 1.29 is 49.3 Å². The van der Waals surface area contributed by atoms with Gasteiger partial charge in [0.1, 0.15) is 0 Å². The van der Waals surface area contributed by atoms with E-state index >= 15 is 0 Å². The fraction of sp³-hybridized carbons (Fsp3) is 0. The number of rotatable bonds is 0. The van der Waals surface area contributed by atoms with Crippen molar-refractivity contribution >= 4 is 45.5 Å². The van der Waals surface area contributed by atoms with Gasteiger partial charge in [-0.2, -0.15) is 0 Å². The Bertz CT molecular complexity index is 4.69. The Morgan fingerprint density at radius 1 is 0.300 bits per heavy atom. The van der Waals surface area contributed by atoms with Crippen LogP contribution in [0.3, 0.4) is 0 Å². The fourth-order valence-corrected chi connectivity index (χ4v) is 0. The molecule has 0 aromatic rings.